The van der Waals surface area contributed by atoms with Crippen LogP contribution in [-0.4, -0.2) is 60.6 Å². The van der Waals surface area contributed by atoms with Crippen LogP contribution in [0.15, 0.2) is 54.6 Å². The van der Waals surface area contributed by atoms with Gasteiger partial charge in [0.25, 0.3) is 0 Å². The number of amides is 2. The van der Waals surface area contributed by atoms with Crippen molar-refractivity contribution in [2.24, 2.45) is 0 Å². The van der Waals surface area contributed by atoms with Crippen LogP contribution in [-0.2, 0) is 32.4 Å². The molecule has 3 atom stereocenters. The number of ether oxygens (including phenoxy) is 2. The van der Waals surface area contributed by atoms with E-state index in [0.29, 0.717) is 12.0 Å². The zero-order valence-corrected chi connectivity index (χ0v) is 25.7. The molecule has 0 aliphatic rings. The lowest BCUT2D eigenvalue weighted by Gasteiger charge is -2.30. The van der Waals surface area contributed by atoms with E-state index in [1.807, 2.05) is 30.3 Å². The number of rotatable bonds is 11. The lowest BCUT2D eigenvalue weighted by Crippen LogP contribution is -2.50. The summed E-state index contributed by atoms with van der Waals surface area (Å²) in [7, 11) is -5.85. The molecule has 0 bridgehead atoms. The Morgan fingerprint density at radius 3 is 1.77 bits per heavy atom. The highest BCUT2D eigenvalue weighted by atomic mass is 32.2. The van der Waals surface area contributed by atoms with Crippen LogP contribution in [0.1, 0.15) is 59.1 Å². The summed E-state index contributed by atoms with van der Waals surface area (Å²) in [6.07, 6.45) is -2.50. The van der Waals surface area contributed by atoms with Crippen LogP contribution in [0.3, 0.4) is 0 Å². The molecule has 0 heterocycles. The first-order chi connectivity index (χ1) is 19.6. The molecule has 0 unspecified atom stereocenters. The Hall–Kier alpha value is -3.52. The minimum Gasteiger partial charge on any atom is -0.444 e. The summed E-state index contributed by atoms with van der Waals surface area (Å²) in [5, 5.41) is 16.7. The molecule has 3 N–H and O–H groups in total. The largest absolute Gasteiger partial charge is 0.534 e. The molecule has 43 heavy (non-hydrogen) atoms. The molecule has 2 aromatic rings. The molecule has 0 aliphatic carbocycles. The Balaban J connectivity index is 2.29. The third-order valence-corrected chi connectivity index (χ3v) is 6.59. The van der Waals surface area contributed by atoms with Crippen molar-refractivity contribution in [3.63, 3.8) is 0 Å². The second kappa shape index (κ2) is 14.3. The number of aliphatic hydroxyl groups excluding tert-OH is 1. The lowest BCUT2D eigenvalue weighted by atomic mass is 9.93. The van der Waals surface area contributed by atoms with Crippen LogP contribution in [0.5, 0.6) is 5.75 Å². The third kappa shape index (κ3) is 13.1. The number of carbonyl (C=O) groups excluding carboxylic acids is 2. The first kappa shape index (κ1) is 35.7. The van der Waals surface area contributed by atoms with Crippen molar-refractivity contribution in [2.45, 2.75) is 95.7 Å². The van der Waals surface area contributed by atoms with Crippen molar-refractivity contribution >= 4 is 22.3 Å². The van der Waals surface area contributed by atoms with Gasteiger partial charge in [0.2, 0.25) is 0 Å². The topological polar surface area (TPSA) is 140 Å². The predicted octanol–water partition coefficient (Wildman–Crippen LogP) is 5.24. The van der Waals surface area contributed by atoms with Crippen LogP contribution < -0.4 is 14.8 Å². The highest BCUT2D eigenvalue weighted by Gasteiger charge is 2.48. The van der Waals surface area contributed by atoms with Crippen LogP contribution >= 0.6 is 0 Å². The highest BCUT2D eigenvalue weighted by molar-refractivity contribution is 7.88. The average molecular weight is 633 g/mol. The minimum atomic E-state index is -5.85. The van der Waals surface area contributed by atoms with Crippen LogP contribution in [0.2, 0.25) is 0 Å². The van der Waals surface area contributed by atoms with E-state index in [2.05, 4.69) is 14.8 Å². The fraction of sp³-hybridized carbons (Fsp3) is 0.517. The maximum absolute atomic E-state index is 12.7. The summed E-state index contributed by atoms with van der Waals surface area (Å²) < 4.78 is 75.5. The maximum Gasteiger partial charge on any atom is 0.534 e. The summed E-state index contributed by atoms with van der Waals surface area (Å²) in [6, 6.07) is 12.3. The van der Waals surface area contributed by atoms with E-state index < -0.39 is 63.0 Å². The molecule has 0 aromatic heterocycles. The number of hydrogen-bond donors (Lipinski definition) is 3. The van der Waals surface area contributed by atoms with Crippen molar-refractivity contribution in [3.8, 4) is 5.75 Å². The number of nitrogens with one attached hydrogen (secondary N) is 2. The van der Waals surface area contributed by atoms with Crippen LogP contribution in [0, 0.1) is 0 Å². The van der Waals surface area contributed by atoms with Crippen molar-refractivity contribution in [1.29, 1.82) is 0 Å². The number of aliphatic hydroxyl groups is 1. The van der Waals surface area contributed by atoms with Gasteiger partial charge in [0, 0.05) is 6.04 Å². The molecular weight excluding hydrogens is 593 g/mol. The van der Waals surface area contributed by atoms with Gasteiger partial charge in [-0.3, -0.25) is 0 Å². The number of halogens is 3. The van der Waals surface area contributed by atoms with Crippen LogP contribution in [0.25, 0.3) is 0 Å². The Bertz CT molecular complexity index is 1310. The molecular formula is C29H39F3N2O8S. The van der Waals surface area contributed by atoms with Crippen LogP contribution in [0.4, 0.5) is 22.8 Å². The van der Waals surface area contributed by atoms with E-state index in [1.54, 1.807) is 41.5 Å². The van der Waals surface area contributed by atoms with Gasteiger partial charge in [0.05, 0.1) is 12.1 Å². The van der Waals surface area contributed by atoms with Gasteiger partial charge in [-0.1, -0.05) is 42.5 Å². The fourth-order valence-electron chi connectivity index (χ4n) is 3.87. The summed E-state index contributed by atoms with van der Waals surface area (Å²) in [4.78, 5) is 25.3. The molecule has 0 aliphatic heterocycles. The first-order valence-corrected chi connectivity index (χ1v) is 14.8. The fourth-order valence-corrected chi connectivity index (χ4v) is 4.33. The molecule has 2 aromatic carbocycles. The minimum absolute atomic E-state index is 0.0282. The molecule has 10 nitrogen and oxygen atoms in total. The van der Waals surface area contributed by atoms with Gasteiger partial charge < -0.3 is 29.4 Å². The number of alkyl halides is 3. The normalized spacial score (nSPS) is 14.7. The van der Waals surface area contributed by atoms with E-state index in [4.69, 9.17) is 9.47 Å². The summed E-state index contributed by atoms with van der Waals surface area (Å²) in [6.45, 7) is 10.1. The Labute approximate surface area is 250 Å². The van der Waals surface area contributed by atoms with Crippen molar-refractivity contribution < 1.29 is 49.9 Å². The quantitative estimate of drug-likeness (QED) is 0.226. The zero-order chi connectivity index (χ0) is 32.6. The van der Waals surface area contributed by atoms with E-state index in [9.17, 15) is 36.3 Å². The highest BCUT2D eigenvalue weighted by Crippen LogP contribution is 2.27. The van der Waals surface area contributed by atoms with Crippen molar-refractivity contribution in [1.82, 2.24) is 10.6 Å². The average Bonchev–Trinajstić information content (AvgIpc) is 2.82. The molecule has 2 amide bonds. The molecule has 14 heteroatoms. The van der Waals surface area contributed by atoms with Gasteiger partial charge in [0.1, 0.15) is 17.0 Å². The van der Waals surface area contributed by atoms with Crippen molar-refractivity contribution in [3.05, 3.63) is 65.7 Å². The summed E-state index contributed by atoms with van der Waals surface area (Å²) in [5.41, 5.74) is -5.91. The number of carbonyl (C=O) groups is 2. The molecule has 2 rings (SSSR count). The second-order valence-electron chi connectivity index (χ2n) is 11.9. The number of benzene rings is 2. The lowest BCUT2D eigenvalue weighted by molar-refractivity contribution is -0.0500. The molecule has 0 fully saturated rings. The summed E-state index contributed by atoms with van der Waals surface area (Å²) >= 11 is 0. The molecule has 0 radical (unpaired) electrons. The second-order valence-corrected chi connectivity index (χ2v) is 13.5. The zero-order valence-electron chi connectivity index (χ0n) is 24.9. The van der Waals surface area contributed by atoms with Gasteiger partial charge in [-0.05, 0) is 84.1 Å². The van der Waals surface area contributed by atoms with Crippen molar-refractivity contribution in [2.75, 3.05) is 0 Å². The van der Waals surface area contributed by atoms with E-state index in [1.165, 1.54) is 12.1 Å². The first-order valence-electron chi connectivity index (χ1n) is 13.4. The van der Waals surface area contributed by atoms with E-state index in [0.717, 1.165) is 17.7 Å². The van der Waals surface area contributed by atoms with Gasteiger partial charge in [-0.25, -0.2) is 9.59 Å². The Kier molecular flexibility index (Phi) is 11.9. The third-order valence-electron chi connectivity index (χ3n) is 5.61. The molecule has 0 saturated heterocycles. The Morgan fingerprint density at radius 1 is 0.791 bits per heavy atom. The van der Waals surface area contributed by atoms with Gasteiger partial charge in [-0.2, -0.15) is 21.6 Å². The Morgan fingerprint density at radius 2 is 1.28 bits per heavy atom. The molecule has 0 spiro atoms. The van der Waals surface area contributed by atoms with Gasteiger partial charge >= 0.3 is 27.8 Å². The predicted molar refractivity (Wildman–Crippen MR) is 153 cm³/mol. The van der Waals surface area contributed by atoms with Gasteiger partial charge in [0.15, 0.2) is 0 Å². The van der Waals surface area contributed by atoms with E-state index in [-0.39, 0.29) is 12.8 Å². The number of alkyl carbamates (subject to hydrolysis) is 2. The standard InChI is InChI=1S/C29H39F3N2O8S/c1-27(2,3)40-25(36)33-21(16-19-10-8-7-9-11-19)18-24(35)23(34-26(37)41-28(4,5)6)17-20-12-14-22(15-13-20)42-43(38,39)29(30,31)32/h7-15,21,23-24,35H,16-18H2,1-6H3,(H,33,36)(H,34,37)/t21-,23-,24-/m0/s1. The molecule has 0 saturated carbocycles. The maximum atomic E-state index is 12.7. The van der Waals surface area contributed by atoms with E-state index >= 15 is 0 Å². The summed E-state index contributed by atoms with van der Waals surface area (Å²) in [5.74, 6) is -0.567. The number of hydrogen-bond acceptors (Lipinski definition) is 8. The monoisotopic (exact) mass is 632 g/mol. The van der Waals surface area contributed by atoms with Gasteiger partial charge in [-0.15, -0.1) is 0 Å². The molecule has 240 valence electrons. The smallest absolute Gasteiger partial charge is 0.444 e. The SMILES string of the molecule is CC(C)(C)OC(=O)N[C@@H](Cc1ccccc1)C[C@H](O)[C@H](Cc1ccc(OS(=O)(=O)C(F)(F)F)cc1)NC(=O)OC(C)(C)C.